The SMILES string of the molecule is CC1(C)CC(=O)C(Cc2ccccc2)(Sc2ccccc2)C(=O)C1. The van der Waals surface area contributed by atoms with Crippen LogP contribution >= 0.6 is 11.8 Å². The molecule has 0 radical (unpaired) electrons. The molecule has 124 valence electrons. The van der Waals surface area contributed by atoms with Crippen LogP contribution < -0.4 is 0 Å². The van der Waals surface area contributed by atoms with Crippen molar-refractivity contribution in [1.82, 2.24) is 0 Å². The molecule has 24 heavy (non-hydrogen) atoms. The quantitative estimate of drug-likeness (QED) is 0.757. The first-order valence-corrected chi connectivity index (χ1v) is 9.08. The van der Waals surface area contributed by atoms with Gasteiger partial charge in [0.05, 0.1) is 0 Å². The molecule has 0 amide bonds. The van der Waals surface area contributed by atoms with E-state index in [9.17, 15) is 9.59 Å². The zero-order valence-corrected chi connectivity index (χ0v) is 14.9. The number of carbonyl (C=O) groups is 2. The number of thioether (sulfide) groups is 1. The van der Waals surface area contributed by atoms with Gasteiger partial charge in [-0.3, -0.25) is 9.59 Å². The van der Waals surface area contributed by atoms with E-state index in [1.807, 2.05) is 74.5 Å². The van der Waals surface area contributed by atoms with E-state index < -0.39 is 4.75 Å². The summed E-state index contributed by atoms with van der Waals surface area (Å²) in [6.07, 6.45) is 1.36. The van der Waals surface area contributed by atoms with Gasteiger partial charge in [-0.15, -0.1) is 11.8 Å². The van der Waals surface area contributed by atoms with Crippen molar-refractivity contribution in [3.63, 3.8) is 0 Å². The van der Waals surface area contributed by atoms with Crippen molar-refractivity contribution in [3.05, 3.63) is 66.2 Å². The lowest BCUT2D eigenvalue weighted by Gasteiger charge is -2.40. The third kappa shape index (κ3) is 3.46. The zero-order chi connectivity index (χ0) is 17.2. The highest BCUT2D eigenvalue weighted by Gasteiger charge is 2.52. The molecular formula is C21H22O2S. The van der Waals surface area contributed by atoms with Gasteiger partial charge >= 0.3 is 0 Å². The molecule has 1 aliphatic carbocycles. The summed E-state index contributed by atoms with van der Waals surface area (Å²) in [6, 6.07) is 19.6. The molecule has 3 rings (SSSR count). The first-order chi connectivity index (χ1) is 11.4. The summed E-state index contributed by atoms with van der Waals surface area (Å²) in [5, 5.41) is 0. The van der Waals surface area contributed by atoms with Crippen LogP contribution in [0.3, 0.4) is 0 Å². The minimum atomic E-state index is -1.00. The third-order valence-corrected chi connectivity index (χ3v) is 5.97. The Kier molecular flexibility index (Phi) is 4.64. The van der Waals surface area contributed by atoms with Crippen molar-refractivity contribution in [2.24, 2.45) is 5.41 Å². The van der Waals surface area contributed by atoms with Crippen molar-refractivity contribution < 1.29 is 9.59 Å². The molecule has 0 aliphatic heterocycles. The maximum Gasteiger partial charge on any atom is 0.157 e. The van der Waals surface area contributed by atoms with Crippen LogP contribution in [0.2, 0.25) is 0 Å². The first kappa shape index (κ1) is 17.0. The largest absolute Gasteiger partial charge is 0.298 e. The Balaban J connectivity index is 2.00. The molecule has 1 saturated carbocycles. The maximum absolute atomic E-state index is 13.1. The second-order valence-electron chi connectivity index (χ2n) is 7.27. The predicted octanol–water partition coefficient (Wildman–Crippen LogP) is 4.72. The molecule has 0 aromatic heterocycles. The second kappa shape index (κ2) is 6.56. The predicted molar refractivity (Wildman–Crippen MR) is 98.2 cm³/mol. The molecule has 0 bridgehead atoms. The van der Waals surface area contributed by atoms with E-state index in [1.54, 1.807) is 0 Å². The molecule has 0 spiro atoms. The number of benzene rings is 2. The Hall–Kier alpha value is -1.87. The van der Waals surface area contributed by atoms with Crippen LogP contribution in [0.15, 0.2) is 65.6 Å². The van der Waals surface area contributed by atoms with Gasteiger partial charge in [-0.25, -0.2) is 0 Å². The van der Waals surface area contributed by atoms with Gasteiger partial charge in [-0.2, -0.15) is 0 Å². The Labute approximate surface area is 147 Å². The topological polar surface area (TPSA) is 34.1 Å². The van der Waals surface area contributed by atoms with Crippen LogP contribution in [-0.4, -0.2) is 16.3 Å². The molecule has 1 aliphatic rings. The number of Topliss-reactive ketones (excluding diaryl/α,β-unsaturated/α-hetero) is 2. The van der Waals surface area contributed by atoms with E-state index in [0.29, 0.717) is 19.3 Å². The van der Waals surface area contributed by atoms with Crippen LogP contribution in [0.4, 0.5) is 0 Å². The molecule has 2 aromatic carbocycles. The number of carbonyl (C=O) groups excluding carboxylic acids is 2. The monoisotopic (exact) mass is 338 g/mol. The van der Waals surface area contributed by atoms with Crippen LogP contribution in [0.5, 0.6) is 0 Å². The van der Waals surface area contributed by atoms with Crippen molar-refractivity contribution >= 4 is 23.3 Å². The first-order valence-electron chi connectivity index (χ1n) is 8.26. The lowest BCUT2D eigenvalue weighted by molar-refractivity contribution is -0.137. The highest BCUT2D eigenvalue weighted by Crippen LogP contribution is 2.46. The molecule has 2 aromatic rings. The summed E-state index contributed by atoms with van der Waals surface area (Å²) in [5.74, 6) is 0.114. The summed E-state index contributed by atoms with van der Waals surface area (Å²) in [4.78, 5) is 27.2. The number of ketones is 2. The summed E-state index contributed by atoms with van der Waals surface area (Å²) in [5.41, 5.74) is 0.785. The average molecular weight is 338 g/mol. The maximum atomic E-state index is 13.1. The molecule has 0 unspecified atom stereocenters. The average Bonchev–Trinajstić information content (AvgIpc) is 2.54. The van der Waals surface area contributed by atoms with Gasteiger partial charge in [-0.1, -0.05) is 62.4 Å². The molecule has 0 N–H and O–H groups in total. The number of rotatable bonds is 4. The summed E-state index contributed by atoms with van der Waals surface area (Å²) >= 11 is 1.42. The van der Waals surface area contributed by atoms with Crippen molar-refractivity contribution in [2.75, 3.05) is 0 Å². The number of hydrogen-bond donors (Lipinski definition) is 0. The lowest BCUT2D eigenvalue weighted by Crippen LogP contribution is -2.52. The normalized spacial score (nSPS) is 19.2. The van der Waals surface area contributed by atoms with Crippen LogP contribution in [0, 0.1) is 5.41 Å². The summed E-state index contributed by atoms with van der Waals surface area (Å²) < 4.78 is -1.00. The molecule has 0 heterocycles. The van der Waals surface area contributed by atoms with Crippen molar-refractivity contribution in [1.29, 1.82) is 0 Å². The van der Waals surface area contributed by atoms with Crippen molar-refractivity contribution in [2.45, 2.75) is 42.8 Å². The van der Waals surface area contributed by atoms with E-state index in [2.05, 4.69) is 0 Å². The fraction of sp³-hybridized carbons (Fsp3) is 0.333. The summed E-state index contributed by atoms with van der Waals surface area (Å²) in [7, 11) is 0. The second-order valence-corrected chi connectivity index (χ2v) is 8.64. The highest BCUT2D eigenvalue weighted by atomic mass is 32.2. The molecule has 2 nitrogen and oxygen atoms in total. The van der Waals surface area contributed by atoms with Gasteiger partial charge in [0.2, 0.25) is 0 Å². The Morgan fingerprint density at radius 2 is 1.33 bits per heavy atom. The van der Waals surface area contributed by atoms with Gasteiger partial charge in [0.1, 0.15) is 4.75 Å². The number of hydrogen-bond acceptors (Lipinski definition) is 3. The highest BCUT2D eigenvalue weighted by molar-refractivity contribution is 8.02. The fourth-order valence-corrected chi connectivity index (χ4v) is 4.60. The zero-order valence-electron chi connectivity index (χ0n) is 14.1. The molecule has 1 fully saturated rings. The van der Waals surface area contributed by atoms with E-state index >= 15 is 0 Å². The molecule has 3 heteroatoms. The van der Waals surface area contributed by atoms with Crippen LogP contribution in [0.1, 0.15) is 32.3 Å². The van der Waals surface area contributed by atoms with Gasteiger partial charge < -0.3 is 0 Å². The fourth-order valence-electron chi connectivity index (χ4n) is 3.29. The van der Waals surface area contributed by atoms with E-state index in [-0.39, 0.29) is 17.0 Å². The molecule has 0 atom stereocenters. The molecular weight excluding hydrogens is 316 g/mol. The van der Waals surface area contributed by atoms with Gasteiger partial charge in [0.15, 0.2) is 11.6 Å². The van der Waals surface area contributed by atoms with E-state index in [0.717, 1.165) is 10.5 Å². The lowest BCUT2D eigenvalue weighted by atomic mass is 9.69. The van der Waals surface area contributed by atoms with Gasteiger partial charge in [-0.05, 0) is 23.1 Å². The Morgan fingerprint density at radius 3 is 1.88 bits per heavy atom. The standard InChI is InChI=1S/C21H22O2S/c1-20(2)14-18(22)21(19(23)15-20,13-16-9-5-3-6-10-16)24-17-11-7-4-8-12-17/h3-12H,13-15H2,1-2H3. The smallest absolute Gasteiger partial charge is 0.157 e. The van der Waals surface area contributed by atoms with Gasteiger partial charge in [0, 0.05) is 24.2 Å². The van der Waals surface area contributed by atoms with Crippen LogP contribution in [-0.2, 0) is 16.0 Å². The van der Waals surface area contributed by atoms with Gasteiger partial charge in [0.25, 0.3) is 0 Å². The molecule has 0 saturated heterocycles. The van der Waals surface area contributed by atoms with E-state index in [1.165, 1.54) is 11.8 Å². The van der Waals surface area contributed by atoms with E-state index in [4.69, 9.17) is 0 Å². The Bertz CT molecular complexity index is 671. The van der Waals surface area contributed by atoms with Crippen molar-refractivity contribution in [3.8, 4) is 0 Å². The minimum absolute atomic E-state index is 0.0569. The minimum Gasteiger partial charge on any atom is -0.298 e. The third-order valence-electron chi connectivity index (χ3n) is 4.51. The Morgan fingerprint density at radius 1 is 0.833 bits per heavy atom. The summed E-state index contributed by atoms with van der Waals surface area (Å²) in [6.45, 7) is 4.00. The van der Waals surface area contributed by atoms with Crippen LogP contribution in [0.25, 0.3) is 0 Å².